The summed E-state index contributed by atoms with van der Waals surface area (Å²) in [6.07, 6.45) is -0.470. The SMILES string of the molecule is CC(NC(=O)OC(C)(C)C)c1nc2cc(OCc3ccccc3)ccc2[nH]1. The van der Waals surface area contributed by atoms with Crippen molar-refractivity contribution in [3.63, 3.8) is 0 Å². The van der Waals surface area contributed by atoms with Crippen LogP contribution in [-0.4, -0.2) is 21.7 Å². The Bertz CT molecular complexity index is 913. The van der Waals surface area contributed by atoms with E-state index in [1.54, 1.807) is 0 Å². The number of alkyl carbamates (subject to hydrolysis) is 1. The minimum absolute atomic E-state index is 0.305. The summed E-state index contributed by atoms with van der Waals surface area (Å²) < 4.78 is 11.1. The molecule has 0 fully saturated rings. The van der Waals surface area contributed by atoms with E-state index in [0.717, 1.165) is 22.3 Å². The van der Waals surface area contributed by atoms with Crippen LogP contribution in [0, 0.1) is 0 Å². The van der Waals surface area contributed by atoms with Crippen molar-refractivity contribution in [3.8, 4) is 5.75 Å². The zero-order valence-corrected chi connectivity index (χ0v) is 16.1. The average Bonchev–Trinajstić information content (AvgIpc) is 3.02. The summed E-state index contributed by atoms with van der Waals surface area (Å²) in [6, 6.07) is 15.4. The molecule has 0 aliphatic heterocycles. The number of ether oxygens (including phenoxy) is 2. The minimum atomic E-state index is -0.539. The van der Waals surface area contributed by atoms with E-state index in [9.17, 15) is 4.79 Å². The van der Waals surface area contributed by atoms with Crippen LogP contribution in [0.5, 0.6) is 5.75 Å². The van der Waals surface area contributed by atoms with Gasteiger partial charge in [0, 0.05) is 6.07 Å². The summed E-state index contributed by atoms with van der Waals surface area (Å²) in [5.74, 6) is 1.41. The first-order chi connectivity index (χ1) is 12.8. The molecule has 2 N–H and O–H groups in total. The molecule has 3 aromatic rings. The number of benzene rings is 2. The van der Waals surface area contributed by atoms with E-state index in [4.69, 9.17) is 9.47 Å². The third-order valence-corrected chi connectivity index (χ3v) is 3.86. The summed E-state index contributed by atoms with van der Waals surface area (Å²) in [5, 5.41) is 2.79. The number of carbonyl (C=O) groups excluding carboxylic acids is 1. The second-order valence-electron chi connectivity index (χ2n) is 7.44. The third-order valence-electron chi connectivity index (χ3n) is 3.86. The van der Waals surface area contributed by atoms with Crippen LogP contribution in [0.15, 0.2) is 48.5 Å². The molecule has 1 aromatic heterocycles. The maximum Gasteiger partial charge on any atom is 0.408 e. The minimum Gasteiger partial charge on any atom is -0.489 e. The van der Waals surface area contributed by atoms with Crippen molar-refractivity contribution >= 4 is 17.1 Å². The van der Waals surface area contributed by atoms with Gasteiger partial charge in [0.05, 0.1) is 17.1 Å². The standard InChI is InChI=1S/C21H25N3O3/c1-14(22-20(25)27-21(2,3)4)19-23-17-11-10-16(12-18(17)24-19)26-13-15-8-6-5-7-9-15/h5-12,14H,13H2,1-4H3,(H,22,25)(H,23,24). The molecule has 1 heterocycles. The predicted molar refractivity (Wildman–Crippen MR) is 105 cm³/mol. The van der Waals surface area contributed by atoms with Gasteiger partial charge < -0.3 is 19.8 Å². The van der Waals surface area contributed by atoms with Crippen molar-refractivity contribution in [1.82, 2.24) is 15.3 Å². The van der Waals surface area contributed by atoms with E-state index in [0.29, 0.717) is 12.4 Å². The number of imidazole rings is 1. The largest absolute Gasteiger partial charge is 0.489 e. The lowest BCUT2D eigenvalue weighted by atomic mass is 10.2. The number of rotatable bonds is 5. The van der Waals surface area contributed by atoms with Gasteiger partial charge in [-0.2, -0.15) is 0 Å². The highest BCUT2D eigenvalue weighted by Crippen LogP contribution is 2.22. The van der Waals surface area contributed by atoms with Crippen molar-refractivity contribution < 1.29 is 14.3 Å². The van der Waals surface area contributed by atoms with Gasteiger partial charge >= 0.3 is 6.09 Å². The molecule has 0 bridgehead atoms. The fraction of sp³-hybridized carbons (Fsp3) is 0.333. The second kappa shape index (κ2) is 7.70. The molecule has 0 saturated heterocycles. The van der Waals surface area contributed by atoms with Crippen molar-refractivity contribution in [2.24, 2.45) is 0 Å². The Hall–Kier alpha value is -3.02. The molecule has 6 nitrogen and oxygen atoms in total. The molecular weight excluding hydrogens is 342 g/mol. The number of amides is 1. The molecule has 3 rings (SSSR count). The summed E-state index contributed by atoms with van der Waals surface area (Å²) in [7, 11) is 0. The molecule has 1 amide bonds. The maximum absolute atomic E-state index is 11.9. The molecule has 6 heteroatoms. The van der Waals surface area contributed by atoms with Crippen LogP contribution in [-0.2, 0) is 11.3 Å². The van der Waals surface area contributed by atoms with Gasteiger partial charge in [0.15, 0.2) is 0 Å². The number of carbonyl (C=O) groups is 1. The van der Waals surface area contributed by atoms with Crippen LogP contribution in [0.1, 0.15) is 45.1 Å². The fourth-order valence-corrected chi connectivity index (χ4v) is 2.59. The van der Waals surface area contributed by atoms with E-state index >= 15 is 0 Å². The topological polar surface area (TPSA) is 76.2 Å². The summed E-state index contributed by atoms with van der Waals surface area (Å²) in [4.78, 5) is 19.7. The fourth-order valence-electron chi connectivity index (χ4n) is 2.59. The van der Waals surface area contributed by atoms with Gasteiger partial charge in [-0.25, -0.2) is 9.78 Å². The number of fused-ring (bicyclic) bond motifs is 1. The van der Waals surface area contributed by atoms with Gasteiger partial charge in [0.2, 0.25) is 0 Å². The Labute approximate surface area is 158 Å². The van der Waals surface area contributed by atoms with Gasteiger partial charge in [-0.1, -0.05) is 30.3 Å². The monoisotopic (exact) mass is 367 g/mol. The summed E-state index contributed by atoms with van der Waals surface area (Å²) in [5.41, 5.74) is 2.24. The molecule has 0 aliphatic carbocycles. The number of hydrogen-bond donors (Lipinski definition) is 2. The Kier molecular flexibility index (Phi) is 5.35. The number of nitrogens with zero attached hydrogens (tertiary/aromatic N) is 1. The normalized spacial score (nSPS) is 12.6. The van der Waals surface area contributed by atoms with Crippen LogP contribution in [0.2, 0.25) is 0 Å². The highest BCUT2D eigenvalue weighted by atomic mass is 16.6. The van der Waals surface area contributed by atoms with E-state index in [2.05, 4.69) is 15.3 Å². The molecule has 0 saturated carbocycles. The van der Waals surface area contributed by atoms with Crippen LogP contribution in [0.4, 0.5) is 4.79 Å². The van der Waals surface area contributed by atoms with Crippen molar-refractivity contribution in [1.29, 1.82) is 0 Å². The molecule has 0 radical (unpaired) electrons. The van der Waals surface area contributed by atoms with E-state index in [1.165, 1.54) is 0 Å². The maximum atomic E-state index is 11.9. The van der Waals surface area contributed by atoms with Crippen LogP contribution in [0.25, 0.3) is 11.0 Å². The predicted octanol–water partition coefficient (Wildman–Crippen LogP) is 4.73. The Morgan fingerprint density at radius 1 is 1.19 bits per heavy atom. The number of hydrogen-bond acceptors (Lipinski definition) is 4. The summed E-state index contributed by atoms with van der Waals surface area (Å²) >= 11 is 0. The van der Waals surface area contributed by atoms with Crippen molar-refractivity contribution in [2.45, 2.75) is 45.9 Å². The van der Waals surface area contributed by atoms with E-state index in [-0.39, 0.29) is 6.04 Å². The molecule has 0 aliphatic rings. The molecule has 2 aromatic carbocycles. The van der Waals surface area contributed by atoms with Crippen molar-refractivity contribution in [2.75, 3.05) is 0 Å². The second-order valence-corrected chi connectivity index (χ2v) is 7.44. The van der Waals surface area contributed by atoms with Gasteiger partial charge in [-0.3, -0.25) is 0 Å². The first kappa shape index (κ1) is 18.8. The lowest BCUT2D eigenvalue weighted by molar-refractivity contribution is 0.0506. The lowest BCUT2D eigenvalue weighted by Crippen LogP contribution is -2.34. The number of H-pyrrole nitrogens is 1. The quantitative estimate of drug-likeness (QED) is 0.684. The van der Waals surface area contributed by atoms with Gasteiger partial charge in [0.25, 0.3) is 0 Å². The summed E-state index contributed by atoms with van der Waals surface area (Å²) in [6.45, 7) is 7.84. The Morgan fingerprint density at radius 2 is 1.93 bits per heavy atom. The van der Waals surface area contributed by atoms with Gasteiger partial charge in [0.1, 0.15) is 23.8 Å². The number of aromatic amines is 1. The molecule has 1 unspecified atom stereocenters. The smallest absolute Gasteiger partial charge is 0.408 e. The molecule has 142 valence electrons. The lowest BCUT2D eigenvalue weighted by Gasteiger charge is -2.21. The zero-order valence-electron chi connectivity index (χ0n) is 16.1. The highest BCUT2D eigenvalue weighted by molar-refractivity contribution is 5.77. The van der Waals surface area contributed by atoms with Crippen LogP contribution >= 0.6 is 0 Å². The Balaban J connectivity index is 1.67. The third kappa shape index (κ3) is 5.23. The van der Waals surface area contributed by atoms with Gasteiger partial charge in [-0.05, 0) is 45.4 Å². The first-order valence-corrected chi connectivity index (χ1v) is 8.96. The zero-order chi connectivity index (χ0) is 19.4. The Morgan fingerprint density at radius 3 is 2.63 bits per heavy atom. The average molecular weight is 367 g/mol. The van der Waals surface area contributed by atoms with Crippen molar-refractivity contribution in [3.05, 3.63) is 59.9 Å². The molecular formula is C21H25N3O3. The van der Waals surface area contributed by atoms with E-state index in [1.807, 2.05) is 76.2 Å². The highest BCUT2D eigenvalue weighted by Gasteiger charge is 2.19. The van der Waals surface area contributed by atoms with Crippen LogP contribution < -0.4 is 10.1 Å². The first-order valence-electron chi connectivity index (χ1n) is 8.96. The number of nitrogens with one attached hydrogen (secondary N) is 2. The number of aromatic nitrogens is 2. The van der Waals surface area contributed by atoms with Crippen LogP contribution in [0.3, 0.4) is 0 Å². The molecule has 0 spiro atoms. The molecule has 1 atom stereocenters. The molecule has 27 heavy (non-hydrogen) atoms. The van der Waals surface area contributed by atoms with E-state index < -0.39 is 11.7 Å². The van der Waals surface area contributed by atoms with Gasteiger partial charge in [-0.15, -0.1) is 0 Å².